The fraction of sp³-hybridized carbons (Fsp3) is 0.0435. The van der Waals surface area contributed by atoms with Crippen LogP contribution in [0.1, 0.15) is 21.6 Å². The molecule has 4 rings (SSSR count). The molecule has 2 aromatic heterocycles. The van der Waals surface area contributed by atoms with Gasteiger partial charge in [-0.15, -0.1) is 0 Å². The van der Waals surface area contributed by atoms with Crippen LogP contribution in [0.2, 0.25) is 0 Å². The fourth-order valence-corrected chi connectivity index (χ4v) is 2.92. The molecule has 1 N–H and O–H groups in total. The number of hydrogen-bond acceptors (Lipinski definition) is 5. The maximum atomic E-state index is 12.7. The van der Waals surface area contributed by atoms with Crippen LogP contribution in [0.3, 0.4) is 0 Å². The number of nitrogens with zero attached hydrogens (tertiary/aromatic N) is 4. The third-order valence-electron chi connectivity index (χ3n) is 4.47. The molecule has 0 saturated carbocycles. The number of para-hydroxylation sites is 1. The lowest BCUT2D eigenvalue weighted by atomic mass is 10.2. The van der Waals surface area contributed by atoms with Gasteiger partial charge in [0.05, 0.1) is 23.0 Å². The molecule has 146 valence electrons. The van der Waals surface area contributed by atoms with Gasteiger partial charge in [-0.3, -0.25) is 4.79 Å². The van der Waals surface area contributed by atoms with Crippen LogP contribution in [0.25, 0.3) is 5.82 Å². The predicted molar refractivity (Wildman–Crippen MR) is 112 cm³/mol. The molecule has 0 aliphatic carbocycles. The van der Waals surface area contributed by atoms with E-state index in [2.05, 4.69) is 21.5 Å². The number of ether oxygens (including phenoxy) is 1. The number of benzene rings is 2. The van der Waals surface area contributed by atoms with E-state index in [1.54, 1.807) is 59.4 Å². The van der Waals surface area contributed by atoms with Crippen molar-refractivity contribution in [3.63, 3.8) is 0 Å². The van der Waals surface area contributed by atoms with Crippen molar-refractivity contribution in [2.24, 2.45) is 0 Å². The van der Waals surface area contributed by atoms with Gasteiger partial charge in [-0.25, -0.2) is 9.67 Å². The van der Waals surface area contributed by atoms with Gasteiger partial charge in [0.15, 0.2) is 5.82 Å². The first-order valence-corrected chi connectivity index (χ1v) is 9.20. The zero-order chi connectivity index (χ0) is 20.9. The van der Waals surface area contributed by atoms with Gasteiger partial charge >= 0.3 is 0 Å². The summed E-state index contributed by atoms with van der Waals surface area (Å²) in [6.45, 7) is 1.82. The Kier molecular flexibility index (Phi) is 5.22. The van der Waals surface area contributed by atoms with E-state index in [0.717, 1.165) is 0 Å². The molecule has 7 nitrogen and oxygen atoms in total. The number of carbonyl (C=O) groups is 1. The number of hydrogen-bond donors (Lipinski definition) is 1. The molecule has 0 bridgehead atoms. The summed E-state index contributed by atoms with van der Waals surface area (Å²) in [6.07, 6.45) is 3.20. The summed E-state index contributed by atoms with van der Waals surface area (Å²) in [5, 5.41) is 16.3. The third kappa shape index (κ3) is 3.88. The lowest BCUT2D eigenvalue weighted by molar-refractivity contribution is 0.102. The monoisotopic (exact) mass is 395 g/mol. The quantitative estimate of drug-likeness (QED) is 0.537. The number of carbonyl (C=O) groups excluding carboxylic acids is 1. The van der Waals surface area contributed by atoms with Gasteiger partial charge in [-0.05, 0) is 55.5 Å². The molecule has 0 saturated heterocycles. The van der Waals surface area contributed by atoms with Crippen LogP contribution in [0.15, 0.2) is 79.1 Å². The lowest BCUT2D eigenvalue weighted by Gasteiger charge is -2.09. The molecule has 0 spiro atoms. The zero-order valence-corrected chi connectivity index (χ0v) is 16.1. The van der Waals surface area contributed by atoms with Gasteiger partial charge in [0.1, 0.15) is 17.6 Å². The minimum Gasteiger partial charge on any atom is -0.456 e. The van der Waals surface area contributed by atoms with E-state index in [-0.39, 0.29) is 5.91 Å². The van der Waals surface area contributed by atoms with E-state index in [4.69, 9.17) is 10.00 Å². The summed E-state index contributed by atoms with van der Waals surface area (Å²) in [4.78, 5) is 16.9. The molecule has 30 heavy (non-hydrogen) atoms. The molecule has 2 aromatic carbocycles. The fourth-order valence-electron chi connectivity index (χ4n) is 2.92. The van der Waals surface area contributed by atoms with Gasteiger partial charge in [0, 0.05) is 11.9 Å². The summed E-state index contributed by atoms with van der Waals surface area (Å²) in [7, 11) is 0. The first-order chi connectivity index (χ1) is 14.7. The number of anilines is 1. The van der Waals surface area contributed by atoms with Gasteiger partial charge in [0.2, 0.25) is 0 Å². The second kappa shape index (κ2) is 8.29. The SMILES string of the molecule is Cc1c(C(=O)Nc2ccc(Oc3ccccc3C#N)cc2)cnn1-c1ccccn1. The van der Waals surface area contributed by atoms with Crippen molar-refractivity contribution in [3.05, 3.63) is 95.9 Å². The first-order valence-electron chi connectivity index (χ1n) is 9.20. The van der Waals surface area contributed by atoms with Crippen LogP contribution in [-0.2, 0) is 0 Å². The molecule has 0 aliphatic rings. The highest BCUT2D eigenvalue weighted by Gasteiger charge is 2.16. The van der Waals surface area contributed by atoms with Crippen LogP contribution in [0.4, 0.5) is 5.69 Å². The Labute approximate surface area is 173 Å². The Bertz CT molecular complexity index is 1220. The van der Waals surface area contributed by atoms with Crippen molar-refractivity contribution >= 4 is 11.6 Å². The average molecular weight is 395 g/mol. The minimum absolute atomic E-state index is 0.266. The molecular weight excluding hydrogens is 378 g/mol. The second-order valence-corrected chi connectivity index (χ2v) is 6.43. The largest absolute Gasteiger partial charge is 0.456 e. The average Bonchev–Trinajstić information content (AvgIpc) is 3.17. The van der Waals surface area contributed by atoms with Gasteiger partial charge in [0.25, 0.3) is 5.91 Å². The smallest absolute Gasteiger partial charge is 0.259 e. The maximum absolute atomic E-state index is 12.7. The van der Waals surface area contributed by atoms with E-state index in [9.17, 15) is 4.79 Å². The van der Waals surface area contributed by atoms with E-state index in [0.29, 0.717) is 39.8 Å². The summed E-state index contributed by atoms with van der Waals surface area (Å²) in [5.41, 5.74) is 2.23. The van der Waals surface area contributed by atoms with E-state index >= 15 is 0 Å². The molecule has 0 fully saturated rings. The predicted octanol–water partition coefficient (Wildman–Crippen LogP) is 4.49. The first kappa shape index (κ1) is 18.9. The summed E-state index contributed by atoms with van der Waals surface area (Å²) >= 11 is 0. The number of pyridine rings is 1. The molecule has 0 atom stereocenters. The summed E-state index contributed by atoms with van der Waals surface area (Å²) in [5.74, 6) is 1.43. The number of rotatable bonds is 5. The normalized spacial score (nSPS) is 10.3. The molecular formula is C23H17N5O2. The van der Waals surface area contributed by atoms with Gasteiger partial charge in [-0.2, -0.15) is 10.4 Å². The van der Waals surface area contributed by atoms with E-state index in [1.807, 2.05) is 25.1 Å². The van der Waals surface area contributed by atoms with Crippen molar-refractivity contribution in [2.75, 3.05) is 5.32 Å². The number of aromatic nitrogens is 3. The molecule has 2 heterocycles. The summed E-state index contributed by atoms with van der Waals surface area (Å²) < 4.78 is 7.38. The molecule has 0 radical (unpaired) electrons. The van der Waals surface area contributed by atoms with Crippen LogP contribution in [0, 0.1) is 18.3 Å². The highest BCUT2D eigenvalue weighted by Crippen LogP contribution is 2.26. The molecule has 4 aromatic rings. The van der Waals surface area contributed by atoms with Crippen molar-refractivity contribution in [2.45, 2.75) is 6.92 Å². The Morgan fingerprint density at radius 2 is 1.83 bits per heavy atom. The molecule has 1 amide bonds. The Balaban J connectivity index is 1.47. The van der Waals surface area contributed by atoms with Crippen molar-refractivity contribution in [3.8, 4) is 23.4 Å². The molecule has 7 heteroatoms. The van der Waals surface area contributed by atoms with E-state index in [1.165, 1.54) is 6.20 Å². The van der Waals surface area contributed by atoms with Crippen LogP contribution in [-0.4, -0.2) is 20.7 Å². The van der Waals surface area contributed by atoms with Crippen molar-refractivity contribution < 1.29 is 9.53 Å². The van der Waals surface area contributed by atoms with E-state index < -0.39 is 0 Å². The number of amides is 1. The third-order valence-corrected chi connectivity index (χ3v) is 4.47. The van der Waals surface area contributed by atoms with Gasteiger partial charge < -0.3 is 10.1 Å². The summed E-state index contributed by atoms with van der Waals surface area (Å²) in [6, 6.07) is 21.5. The standard InChI is InChI=1S/C23H17N5O2/c1-16-20(15-26-28(16)22-8-4-5-13-25-22)23(29)27-18-9-11-19(12-10-18)30-21-7-3-2-6-17(21)14-24/h2-13,15H,1H3,(H,27,29). The van der Waals surface area contributed by atoms with Crippen molar-refractivity contribution in [1.29, 1.82) is 5.26 Å². The highest BCUT2D eigenvalue weighted by atomic mass is 16.5. The highest BCUT2D eigenvalue weighted by molar-refractivity contribution is 6.05. The molecule has 0 unspecified atom stereocenters. The number of nitrogens with one attached hydrogen (secondary N) is 1. The lowest BCUT2D eigenvalue weighted by Crippen LogP contribution is -2.13. The topological polar surface area (TPSA) is 92.8 Å². The molecule has 0 aliphatic heterocycles. The second-order valence-electron chi connectivity index (χ2n) is 6.43. The Morgan fingerprint density at radius 3 is 2.57 bits per heavy atom. The Morgan fingerprint density at radius 1 is 1.07 bits per heavy atom. The number of nitriles is 1. The van der Waals surface area contributed by atoms with Gasteiger partial charge in [-0.1, -0.05) is 18.2 Å². The zero-order valence-electron chi connectivity index (χ0n) is 16.1. The van der Waals surface area contributed by atoms with Crippen LogP contribution < -0.4 is 10.1 Å². The van der Waals surface area contributed by atoms with Crippen LogP contribution >= 0.6 is 0 Å². The minimum atomic E-state index is -0.266. The van der Waals surface area contributed by atoms with Crippen molar-refractivity contribution in [1.82, 2.24) is 14.8 Å². The Hall–Kier alpha value is -4.44. The van der Waals surface area contributed by atoms with Crippen LogP contribution in [0.5, 0.6) is 11.5 Å². The maximum Gasteiger partial charge on any atom is 0.259 e.